The van der Waals surface area contributed by atoms with Gasteiger partial charge in [-0.1, -0.05) is 48.6 Å². The molecule has 0 spiro atoms. The highest BCUT2D eigenvalue weighted by atomic mass is 16.4. The summed E-state index contributed by atoms with van der Waals surface area (Å²) in [6, 6.07) is 9.10. The first-order valence-electron chi connectivity index (χ1n) is 6.30. The van der Waals surface area contributed by atoms with Crippen LogP contribution in [0.25, 0.3) is 0 Å². The van der Waals surface area contributed by atoms with Crippen LogP contribution in [0.4, 0.5) is 0 Å². The van der Waals surface area contributed by atoms with Crippen molar-refractivity contribution >= 4 is 11.8 Å². The van der Waals surface area contributed by atoms with Crippen molar-refractivity contribution in [2.45, 2.75) is 13.3 Å². The lowest BCUT2D eigenvalue weighted by atomic mass is 9.85. The SMILES string of the molecule is CC(C(=O)O)C1=CC(C(=O)c2ccccc2)CC=C1. The maximum atomic E-state index is 12.3. The molecular formula is C16H16O3. The number of ketones is 1. The van der Waals surface area contributed by atoms with Crippen LogP contribution in [-0.4, -0.2) is 16.9 Å². The molecule has 0 fully saturated rings. The normalized spacial score (nSPS) is 19.6. The zero-order valence-corrected chi connectivity index (χ0v) is 10.7. The first kappa shape index (κ1) is 13.3. The second kappa shape index (κ2) is 5.65. The van der Waals surface area contributed by atoms with Gasteiger partial charge in [0.1, 0.15) is 0 Å². The summed E-state index contributed by atoms with van der Waals surface area (Å²) in [6.07, 6.45) is 6.09. The van der Waals surface area contributed by atoms with E-state index in [9.17, 15) is 9.59 Å². The number of carboxylic acids is 1. The van der Waals surface area contributed by atoms with Gasteiger partial charge in [-0.2, -0.15) is 0 Å². The molecule has 0 bridgehead atoms. The molecule has 3 nitrogen and oxygen atoms in total. The minimum absolute atomic E-state index is 0.0417. The van der Waals surface area contributed by atoms with Gasteiger partial charge in [-0.25, -0.2) is 0 Å². The Hall–Kier alpha value is -2.16. The summed E-state index contributed by atoms with van der Waals surface area (Å²) in [4.78, 5) is 23.3. The third-order valence-electron chi connectivity index (χ3n) is 3.36. The smallest absolute Gasteiger partial charge is 0.310 e. The van der Waals surface area contributed by atoms with Crippen LogP contribution in [0, 0.1) is 11.8 Å². The predicted octanol–water partition coefficient (Wildman–Crippen LogP) is 3.09. The monoisotopic (exact) mass is 256 g/mol. The van der Waals surface area contributed by atoms with E-state index in [0.29, 0.717) is 17.6 Å². The zero-order valence-electron chi connectivity index (χ0n) is 10.7. The van der Waals surface area contributed by atoms with Crippen LogP contribution in [0.3, 0.4) is 0 Å². The fraction of sp³-hybridized carbons (Fsp3) is 0.250. The highest BCUT2D eigenvalue weighted by Gasteiger charge is 2.23. The Balaban J connectivity index is 2.21. The molecule has 19 heavy (non-hydrogen) atoms. The highest BCUT2D eigenvalue weighted by Crippen LogP contribution is 2.25. The van der Waals surface area contributed by atoms with Crippen LogP contribution < -0.4 is 0 Å². The second-order valence-electron chi connectivity index (χ2n) is 4.70. The first-order valence-corrected chi connectivity index (χ1v) is 6.30. The molecule has 0 heterocycles. The summed E-state index contributed by atoms with van der Waals surface area (Å²) in [5.74, 6) is -1.67. The average Bonchev–Trinajstić information content (AvgIpc) is 2.46. The largest absolute Gasteiger partial charge is 0.481 e. The molecule has 1 aliphatic rings. The Labute approximate surface area is 112 Å². The summed E-state index contributed by atoms with van der Waals surface area (Å²) < 4.78 is 0. The van der Waals surface area contributed by atoms with Crippen molar-refractivity contribution in [1.29, 1.82) is 0 Å². The lowest BCUT2D eigenvalue weighted by Gasteiger charge is -2.18. The van der Waals surface area contributed by atoms with E-state index in [1.807, 2.05) is 24.3 Å². The molecule has 2 rings (SSSR count). The van der Waals surface area contributed by atoms with Crippen LogP contribution >= 0.6 is 0 Å². The number of benzene rings is 1. The van der Waals surface area contributed by atoms with Crippen LogP contribution in [0.15, 0.2) is 54.1 Å². The van der Waals surface area contributed by atoms with E-state index >= 15 is 0 Å². The number of aliphatic carboxylic acids is 1. The van der Waals surface area contributed by atoms with E-state index < -0.39 is 11.9 Å². The molecule has 1 aliphatic carbocycles. The molecule has 1 N–H and O–H groups in total. The van der Waals surface area contributed by atoms with Crippen molar-refractivity contribution in [3.05, 3.63) is 59.7 Å². The third kappa shape index (κ3) is 2.99. The molecule has 1 aromatic carbocycles. The zero-order chi connectivity index (χ0) is 13.8. The maximum absolute atomic E-state index is 12.3. The molecule has 2 atom stereocenters. The number of carbonyl (C=O) groups is 2. The third-order valence-corrected chi connectivity index (χ3v) is 3.36. The lowest BCUT2D eigenvalue weighted by molar-refractivity contribution is -0.139. The number of hydrogen-bond acceptors (Lipinski definition) is 2. The summed E-state index contributed by atoms with van der Waals surface area (Å²) in [5.41, 5.74) is 1.37. The molecular weight excluding hydrogens is 240 g/mol. The average molecular weight is 256 g/mol. The van der Waals surface area contributed by atoms with E-state index in [-0.39, 0.29) is 11.7 Å². The van der Waals surface area contributed by atoms with Crippen molar-refractivity contribution in [3.63, 3.8) is 0 Å². The van der Waals surface area contributed by atoms with Crippen molar-refractivity contribution in [2.24, 2.45) is 11.8 Å². The van der Waals surface area contributed by atoms with Gasteiger partial charge < -0.3 is 5.11 Å². The summed E-state index contributed by atoms with van der Waals surface area (Å²) in [7, 11) is 0. The summed E-state index contributed by atoms with van der Waals surface area (Å²) in [6.45, 7) is 1.63. The van der Waals surface area contributed by atoms with E-state index in [0.717, 1.165) is 0 Å². The number of carbonyl (C=O) groups excluding carboxylic acids is 1. The van der Waals surface area contributed by atoms with Gasteiger partial charge in [0.05, 0.1) is 5.92 Å². The number of Topliss-reactive ketones (excluding diaryl/α,β-unsaturated/α-hetero) is 1. The Morgan fingerprint density at radius 3 is 2.58 bits per heavy atom. The number of carboxylic acid groups (broad SMARTS) is 1. The molecule has 1 aromatic rings. The standard InChI is InChI=1S/C16H16O3/c1-11(16(18)19)13-8-5-9-14(10-13)15(17)12-6-3-2-4-7-12/h2-8,10-11,14H,9H2,1H3,(H,18,19). The Morgan fingerprint density at radius 2 is 1.95 bits per heavy atom. The molecule has 0 amide bonds. The van der Waals surface area contributed by atoms with Gasteiger partial charge in [-0.15, -0.1) is 0 Å². The fourth-order valence-corrected chi connectivity index (χ4v) is 2.14. The fourth-order valence-electron chi connectivity index (χ4n) is 2.14. The molecule has 0 aromatic heterocycles. The van der Waals surface area contributed by atoms with E-state index in [1.165, 1.54) is 0 Å². The van der Waals surface area contributed by atoms with Crippen molar-refractivity contribution in [3.8, 4) is 0 Å². The maximum Gasteiger partial charge on any atom is 0.310 e. The van der Waals surface area contributed by atoms with Crippen LogP contribution in [0.1, 0.15) is 23.7 Å². The van der Waals surface area contributed by atoms with Gasteiger partial charge >= 0.3 is 5.97 Å². The van der Waals surface area contributed by atoms with Gasteiger partial charge in [0.15, 0.2) is 5.78 Å². The predicted molar refractivity (Wildman–Crippen MR) is 72.9 cm³/mol. The molecule has 0 radical (unpaired) electrons. The van der Waals surface area contributed by atoms with Crippen molar-refractivity contribution in [1.82, 2.24) is 0 Å². The van der Waals surface area contributed by atoms with E-state index in [2.05, 4.69) is 0 Å². The molecule has 98 valence electrons. The van der Waals surface area contributed by atoms with Gasteiger partial charge in [0.25, 0.3) is 0 Å². The van der Waals surface area contributed by atoms with E-state index in [1.54, 1.807) is 31.2 Å². The molecule has 0 aliphatic heterocycles. The topological polar surface area (TPSA) is 54.4 Å². The van der Waals surface area contributed by atoms with Crippen LogP contribution in [0.5, 0.6) is 0 Å². The van der Waals surface area contributed by atoms with Crippen LogP contribution in [0.2, 0.25) is 0 Å². The Kier molecular flexibility index (Phi) is 3.95. The Bertz CT molecular complexity index is 540. The second-order valence-corrected chi connectivity index (χ2v) is 4.70. The quantitative estimate of drug-likeness (QED) is 0.842. The van der Waals surface area contributed by atoms with Crippen LogP contribution in [-0.2, 0) is 4.79 Å². The summed E-state index contributed by atoms with van der Waals surface area (Å²) in [5, 5.41) is 9.02. The summed E-state index contributed by atoms with van der Waals surface area (Å²) >= 11 is 0. The van der Waals surface area contributed by atoms with E-state index in [4.69, 9.17) is 5.11 Å². The first-order chi connectivity index (χ1) is 9.09. The number of allylic oxidation sites excluding steroid dienone is 3. The molecule has 3 heteroatoms. The molecule has 0 saturated heterocycles. The van der Waals surface area contributed by atoms with Gasteiger partial charge in [-0.3, -0.25) is 9.59 Å². The van der Waals surface area contributed by atoms with Gasteiger partial charge in [0.2, 0.25) is 0 Å². The van der Waals surface area contributed by atoms with Crippen molar-refractivity contribution < 1.29 is 14.7 Å². The molecule has 0 saturated carbocycles. The van der Waals surface area contributed by atoms with Crippen molar-refractivity contribution in [2.75, 3.05) is 0 Å². The number of hydrogen-bond donors (Lipinski definition) is 1. The number of rotatable bonds is 4. The van der Waals surface area contributed by atoms with Gasteiger partial charge in [-0.05, 0) is 18.9 Å². The van der Waals surface area contributed by atoms with Gasteiger partial charge in [0, 0.05) is 11.5 Å². The highest BCUT2D eigenvalue weighted by molar-refractivity contribution is 5.99. The minimum atomic E-state index is -0.872. The molecule has 2 unspecified atom stereocenters. The minimum Gasteiger partial charge on any atom is -0.481 e. The lowest BCUT2D eigenvalue weighted by Crippen LogP contribution is -2.18. The Morgan fingerprint density at radius 1 is 1.26 bits per heavy atom.